The molecule has 0 unspecified atom stereocenters. The number of carbonyl (C=O) groups is 1. The SMILES string of the molecule is Cc1cc(C(=O)Oc2ccc3c(=O)c(Oc4ccc(-c5ccccc5)cc4)coc3c2)ccc1[N+](=O)[O-]. The maximum absolute atomic E-state index is 13.0. The molecule has 8 heteroatoms. The number of nitro benzene ring substituents is 1. The van der Waals surface area contributed by atoms with Gasteiger partial charge in [-0.3, -0.25) is 14.9 Å². The van der Waals surface area contributed by atoms with Crippen LogP contribution in [0, 0.1) is 17.0 Å². The molecule has 0 amide bonds. The molecule has 5 rings (SSSR count). The number of nitrogens with zero attached hydrogens (tertiary/aromatic N) is 1. The molecule has 8 nitrogen and oxygen atoms in total. The maximum Gasteiger partial charge on any atom is 0.343 e. The fourth-order valence-electron chi connectivity index (χ4n) is 3.85. The summed E-state index contributed by atoms with van der Waals surface area (Å²) in [6.07, 6.45) is 1.21. The summed E-state index contributed by atoms with van der Waals surface area (Å²) in [5, 5.41) is 11.2. The third kappa shape index (κ3) is 4.94. The van der Waals surface area contributed by atoms with Crippen LogP contribution in [-0.4, -0.2) is 10.9 Å². The maximum atomic E-state index is 13.0. The van der Waals surface area contributed by atoms with Crippen molar-refractivity contribution in [3.05, 3.63) is 129 Å². The Hall–Kier alpha value is -5.24. The molecule has 182 valence electrons. The van der Waals surface area contributed by atoms with Crippen LogP contribution in [0.4, 0.5) is 5.69 Å². The van der Waals surface area contributed by atoms with Crippen LogP contribution in [0.2, 0.25) is 0 Å². The molecule has 5 aromatic rings. The predicted molar refractivity (Wildman–Crippen MR) is 137 cm³/mol. The van der Waals surface area contributed by atoms with E-state index in [4.69, 9.17) is 13.9 Å². The summed E-state index contributed by atoms with van der Waals surface area (Å²) in [6, 6.07) is 25.6. The van der Waals surface area contributed by atoms with Crippen LogP contribution in [0.3, 0.4) is 0 Å². The van der Waals surface area contributed by atoms with E-state index >= 15 is 0 Å². The molecule has 0 aliphatic rings. The predicted octanol–water partition coefficient (Wildman–Crippen LogP) is 6.69. The number of rotatable bonds is 6. The number of carbonyl (C=O) groups excluding carboxylic acids is 1. The molecule has 1 heterocycles. The first-order chi connectivity index (χ1) is 17.9. The van der Waals surface area contributed by atoms with Crippen molar-refractivity contribution in [1.82, 2.24) is 0 Å². The summed E-state index contributed by atoms with van der Waals surface area (Å²) >= 11 is 0. The van der Waals surface area contributed by atoms with E-state index in [1.54, 1.807) is 12.1 Å². The first-order valence-corrected chi connectivity index (χ1v) is 11.3. The Labute approximate surface area is 210 Å². The van der Waals surface area contributed by atoms with Gasteiger partial charge in [0.2, 0.25) is 11.2 Å². The van der Waals surface area contributed by atoms with E-state index in [1.165, 1.54) is 49.6 Å². The lowest BCUT2D eigenvalue weighted by Gasteiger charge is -2.08. The topological polar surface area (TPSA) is 109 Å². The fourth-order valence-corrected chi connectivity index (χ4v) is 3.85. The molecule has 0 spiro atoms. The molecule has 1 aromatic heterocycles. The number of esters is 1. The molecule has 0 saturated carbocycles. The molecule has 0 radical (unpaired) electrons. The van der Waals surface area contributed by atoms with Crippen molar-refractivity contribution in [3.8, 4) is 28.4 Å². The van der Waals surface area contributed by atoms with Crippen LogP contribution in [0.15, 0.2) is 106 Å². The quantitative estimate of drug-likeness (QED) is 0.112. The van der Waals surface area contributed by atoms with Gasteiger partial charge >= 0.3 is 5.97 Å². The first kappa shape index (κ1) is 23.5. The monoisotopic (exact) mass is 493 g/mol. The van der Waals surface area contributed by atoms with E-state index in [2.05, 4.69) is 0 Å². The number of benzene rings is 4. The van der Waals surface area contributed by atoms with Crippen LogP contribution < -0.4 is 14.9 Å². The Bertz CT molecular complexity index is 1690. The van der Waals surface area contributed by atoms with E-state index in [-0.39, 0.29) is 39.1 Å². The van der Waals surface area contributed by atoms with Crippen LogP contribution >= 0.6 is 0 Å². The highest BCUT2D eigenvalue weighted by molar-refractivity contribution is 5.92. The Kier molecular flexibility index (Phi) is 6.22. The Balaban J connectivity index is 1.33. The van der Waals surface area contributed by atoms with Gasteiger partial charge < -0.3 is 13.9 Å². The minimum atomic E-state index is -0.696. The summed E-state index contributed by atoms with van der Waals surface area (Å²) in [5.74, 6) is -0.0400. The van der Waals surface area contributed by atoms with Gasteiger partial charge in [0.1, 0.15) is 23.3 Å². The summed E-state index contributed by atoms with van der Waals surface area (Å²) in [5.41, 5.74) is 2.33. The lowest BCUT2D eigenvalue weighted by Crippen LogP contribution is -2.10. The number of hydrogen-bond acceptors (Lipinski definition) is 7. The van der Waals surface area contributed by atoms with Gasteiger partial charge in [0.25, 0.3) is 5.69 Å². The number of nitro groups is 1. The lowest BCUT2D eigenvalue weighted by molar-refractivity contribution is -0.385. The van der Waals surface area contributed by atoms with E-state index < -0.39 is 10.9 Å². The summed E-state index contributed by atoms with van der Waals surface area (Å²) in [7, 11) is 0. The van der Waals surface area contributed by atoms with Gasteiger partial charge in [0.05, 0.1) is 15.9 Å². The smallest absolute Gasteiger partial charge is 0.343 e. The summed E-state index contributed by atoms with van der Waals surface area (Å²) < 4.78 is 16.7. The number of aryl methyl sites for hydroxylation is 1. The molecular formula is C29H19NO7. The lowest BCUT2D eigenvalue weighted by atomic mass is 10.1. The Morgan fingerprint density at radius 3 is 2.27 bits per heavy atom. The van der Waals surface area contributed by atoms with Gasteiger partial charge in [-0.2, -0.15) is 0 Å². The van der Waals surface area contributed by atoms with Crippen molar-refractivity contribution in [3.63, 3.8) is 0 Å². The summed E-state index contributed by atoms with van der Waals surface area (Å²) in [4.78, 5) is 35.9. The zero-order chi connectivity index (χ0) is 25.9. The fraction of sp³-hybridized carbons (Fsp3) is 0.0345. The first-order valence-electron chi connectivity index (χ1n) is 11.3. The molecule has 0 fully saturated rings. The van der Waals surface area contributed by atoms with Crippen LogP contribution in [0.25, 0.3) is 22.1 Å². The van der Waals surface area contributed by atoms with E-state index in [1.807, 2.05) is 42.5 Å². The molecule has 4 aromatic carbocycles. The molecule has 0 aliphatic heterocycles. The zero-order valence-electron chi connectivity index (χ0n) is 19.5. The third-order valence-electron chi connectivity index (χ3n) is 5.74. The molecule has 0 atom stereocenters. The van der Waals surface area contributed by atoms with Gasteiger partial charge in [-0.1, -0.05) is 42.5 Å². The Morgan fingerprint density at radius 2 is 1.57 bits per heavy atom. The minimum Gasteiger partial charge on any atom is -0.460 e. The van der Waals surface area contributed by atoms with Crippen LogP contribution in [-0.2, 0) is 0 Å². The summed E-state index contributed by atoms with van der Waals surface area (Å²) in [6.45, 7) is 1.54. The van der Waals surface area contributed by atoms with Gasteiger partial charge in [0.15, 0.2) is 0 Å². The average molecular weight is 493 g/mol. The van der Waals surface area contributed by atoms with Crippen molar-refractivity contribution in [1.29, 1.82) is 0 Å². The highest BCUT2D eigenvalue weighted by Crippen LogP contribution is 2.27. The van der Waals surface area contributed by atoms with Crippen LogP contribution in [0.1, 0.15) is 15.9 Å². The second-order valence-corrected chi connectivity index (χ2v) is 8.23. The highest BCUT2D eigenvalue weighted by atomic mass is 16.6. The molecule has 0 aliphatic carbocycles. The second kappa shape index (κ2) is 9.79. The molecule has 37 heavy (non-hydrogen) atoms. The normalized spacial score (nSPS) is 10.7. The van der Waals surface area contributed by atoms with E-state index in [0.717, 1.165) is 11.1 Å². The molecule has 0 bridgehead atoms. The van der Waals surface area contributed by atoms with Gasteiger partial charge in [0, 0.05) is 17.7 Å². The van der Waals surface area contributed by atoms with Gasteiger partial charge in [-0.05, 0) is 54.4 Å². The number of fused-ring (bicyclic) bond motifs is 1. The Morgan fingerprint density at radius 1 is 0.865 bits per heavy atom. The van der Waals surface area contributed by atoms with Crippen molar-refractivity contribution in [2.45, 2.75) is 6.92 Å². The number of ether oxygens (including phenoxy) is 2. The van der Waals surface area contributed by atoms with Gasteiger partial charge in [-0.15, -0.1) is 0 Å². The molecule has 0 N–H and O–H groups in total. The minimum absolute atomic E-state index is 0.0195. The van der Waals surface area contributed by atoms with Crippen LogP contribution in [0.5, 0.6) is 17.2 Å². The van der Waals surface area contributed by atoms with E-state index in [0.29, 0.717) is 11.3 Å². The standard InChI is InChI=1S/C29H19NO7/c1-18-15-21(9-14-25(18)30(33)34)29(32)37-23-12-13-24-26(16-23)35-17-27(28(24)31)36-22-10-7-20(8-11-22)19-5-3-2-4-6-19/h2-17H,1H3. The third-order valence-corrected chi connectivity index (χ3v) is 5.74. The van der Waals surface area contributed by atoms with Crippen molar-refractivity contribution < 1.29 is 23.6 Å². The largest absolute Gasteiger partial charge is 0.460 e. The molecular weight excluding hydrogens is 474 g/mol. The zero-order valence-corrected chi connectivity index (χ0v) is 19.5. The van der Waals surface area contributed by atoms with Gasteiger partial charge in [-0.25, -0.2) is 4.79 Å². The van der Waals surface area contributed by atoms with E-state index in [9.17, 15) is 19.7 Å². The van der Waals surface area contributed by atoms with Crippen molar-refractivity contribution in [2.24, 2.45) is 0 Å². The van der Waals surface area contributed by atoms with Crippen molar-refractivity contribution >= 4 is 22.6 Å². The van der Waals surface area contributed by atoms with Crippen molar-refractivity contribution in [2.75, 3.05) is 0 Å². The highest BCUT2D eigenvalue weighted by Gasteiger charge is 2.16. The number of hydrogen-bond donors (Lipinski definition) is 0. The second-order valence-electron chi connectivity index (χ2n) is 8.23. The molecule has 0 saturated heterocycles. The average Bonchev–Trinajstić information content (AvgIpc) is 2.91.